The van der Waals surface area contributed by atoms with Gasteiger partial charge in [-0.1, -0.05) is 6.07 Å². The molecular weight excluding hydrogens is 356 g/mol. The highest BCUT2D eigenvalue weighted by atomic mass is 16.4. The number of hydrogen-bond acceptors (Lipinski definition) is 4. The molecule has 1 aromatic carbocycles. The molecule has 3 heterocycles. The van der Waals surface area contributed by atoms with Gasteiger partial charge in [0, 0.05) is 24.5 Å². The van der Waals surface area contributed by atoms with Crippen LogP contribution in [0.4, 0.5) is 0 Å². The predicted molar refractivity (Wildman–Crippen MR) is 104 cm³/mol. The van der Waals surface area contributed by atoms with Crippen molar-refractivity contribution in [3.8, 4) is 0 Å². The average Bonchev–Trinajstić information content (AvgIpc) is 3.08. The van der Waals surface area contributed by atoms with Crippen molar-refractivity contribution in [3.63, 3.8) is 0 Å². The Kier molecular flexibility index (Phi) is 4.37. The van der Waals surface area contributed by atoms with Crippen LogP contribution in [-0.4, -0.2) is 43.2 Å². The smallest absolute Gasteiger partial charge is 0.335 e. The van der Waals surface area contributed by atoms with Crippen molar-refractivity contribution in [1.82, 2.24) is 19.7 Å². The third-order valence-electron chi connectivity index (χ3n) is 5.23. The van der Waals surface area contributed by atoms with Gasteiger partial charge in [-0.25, -0.2) is 14.5 Å². The van der Waals surface area contributed by atoms with Crippen LogP contribution in [0, 0.1) is 6.92 Å². The minimum atomic E-state index is -0.959. The predicted octanol–water partition coefficient (Wildman–Crippen LogP) is 3.22. The minimum absolute atomic E-state index is 0.0874. The van der Waals surface area contributed by atoms with Crippen LogP contribution in [0.25, 0.3) is 11.0 Å². The highest BCUT2D eigenvalue weighted by Crippen LogP contribution is 2.25. The van der Waals surface area contributed by atoms with Crippen molar-refractivity contribution in [1.29, 1.82) is 0 Å². The molecule has 2 aromatic heterocycles. The van der Waals surface area contributed by atoms with E-state index in [0.29, 0.717) is 30.8 Å². The van der Waals surface area contributed by atoms with Gasteiger partial charge < -0.3 is 10.0 Å². The summed E-state index contributed by atoms with van der Waals surface area (Å²) >= 11 is 0. The molecule has 0 radical (unpaired) electrons. The van der Waals surface area contributed by atoms with Gasteiger partial charge >= 0.3 is 5.97 Å². The number of benzene rings is 1. The summed E-state index contributed by atoms with van der Waals surface area (Å²) in [6, 6.07) is 7.17. The van der Waals surface area contributed by atoms with E-state index < -0.39 is 5.97 Å². The normalized spacial score (nSPS) is 13.8. The first-order valence-electron chi connectivity index (χ1n) is 9.34. The van der Waals surface area contributed by atoms with Crippen LogP contribution in [0.2, 0.25) is 0 Å². The van der Waals surface area contributed by atoms with Gasteiger partial charge in [-0.2, -0.15) is 5.10 Å². The molecule has 0 aliphatic carbocycles. The van der Waals surface area contributed by atoms with Gasteiger partial charge in [0.2, 0.25) is 0 Å². The number of fused-ring (bicyclic) bond motifs is 2. The highest BCUT2D eigenvalue weighted by molar-refractivity contribution is 5.98. The zero-order chi connectivity index (χ0) is 20.0. The molecule has 3 aromatic rings. The lowest BCUT2D eigenvalue weighted by molar-refractivity contribution is 0.0696. The van der Waals surface area contributed by atoms with E-state index >= 15 is 0 Å². The fourth-order valence-corrected chi connectivity index (χ4v) is 3.69. The second-order valence-electron chi connectivity index (χ2n) is 7.48. The highest BCUT2D eigenvalue weighted by Gasteiger charge is 2.25. The zero-order valence-electron chi connectivity index (χ0n) is 16.1. The maximum absolute atomic E-state index is 13.2. The molecule has 7 heteroatoms. The number of aryl methyl sites for hydroxylation is 1. The number of rotatable bonds is 3. The lowest BCUT2D eigenvalue weighted by Crippen LogP contribution is -2.36. The van der Waals surface area contributed by atoms with Crippen LogP contribution >= 0.6 is 0 Å². The first kappa shape index (κ1) is 18.2. The van der Waals surface area contributed by atoms with Crippen molar-refractivity contribution < 1.29 is 14.7 Å². The molecule has 1 N–H and O–H groups in total. The van der Waals surface area contributed by atoms with E-state index in [1.807, 2.05) is 37.6 Å². The summed E-state index contributed by atoms with van der Waals surface area (Å²) < 4.78 is 1.85. The molecule has 28 heavy (non-hydrogen) atoms. The Balaban J connectivity index is 1.66. The molecule has 0 saturated carbocycles. The summed E-state index contributed by atoms with van der Waals surface area (Å²) in [6.45, 7) is 6.92. The van der Waals surface area contributed by atoms with Crippen LogP contribution in [0.1, 0.15) is 57.4 Å². The Morgan fingerprint density at radius 1 is 1.18 bits per heavy atom. The molecule has 1 amide bonds. The molecule has 144 valence electrons. The van der Waals surface area contributed by atoms with Crippen molar-refractivity contribution in [2.75, 3.05) is 6.54 Å². The molecule has 1 aliphatic rings. The minimum Gasteiger partial charge on any atom is -0.478 e. The van der Waals surface area contributed by atoms with Crippen LogP contribution < -0.4 is 0 Å². The molecule has 0 spiro atoms. The number of pyridine rings is 1. The van der Waals surface area contributed by atoms with E-state index in [0.717, 1.165) is 22.2 Å². The molecule has 4 rings (SSSR count). The van der Waals surface area contributed by atoms with Gasteiger partial charge in [-0.3, -0.25) is 4.79 Å². The Morgan fingerprint density at radius 3 is 2.68 bits per heavy atom. The van der Waals surface area contributed by atoms with Gasteiger partial charge in [0.25, 0.3) is 5.91 Å². The van der Waals surface area contributed by atoms with Crippen LogP contribution in [0.3, 0.4) is 0 Å². The molecule has 0 fully saturated rings. The molecule has 0 unspecified atom stereocenters. The third kappa shape index (κ3) is 3.02. The SMILES string of the molecule is Cc1nc2c(cnn2C(C)C)cc1C(=O)N1CCc2ccc(C(=O)O)cc2C1. The van der Waals surface area contributed by atoms with Gasteiger partial charge in [-0.05, 0) is 56.5 Å². The number of hydrogen-bond donors (Lipinski definition) is 1. The summed E-state index contributed by atoms with van der Waals surface area (Å²) in [5.41, 5.74) is 4.24. The third-order valence-corrected chi connectivity index (χ3v) is 5.23. The molecule has 1 aliphatic heterocycles. The molecule has 7 nitrogen and oxygen atoms in total. The van der Waals surface area contributed by atoms with Crippen molar-refractivity contribution in [2.45, 2.75) is 39.8 Å². The van der Waals surface area contributed by atoms with Crippen LogP contribution in [0.15, 0.2) is 30.5 Å². The largest absolute Gasteiger partial charge is 0.478 e. The standard InChI is InChI=1S/C21H22N4O3/c1-12(2)25-19-16(10-22-25)9-18(13(3)23-19)20(26)24-7-6-14-4-5-15(21(27)28)8-17(14)11-24/h4-5,8-10,12H,6-7,11H2,1-3H3,(H,27,28). The molecule has 0 saturated heterocycles. The van der Waals surface area contributed by atoms with Gasteiger partial charge in [0.05, 0.1) is 23.0 Å². The fraction of sp³-hybridized carbons (Fsp3) is 0.333. The molecular formula is C21H22N4O3. The molecule has 0 bridgehead atoms. The van der Waals surface area contributed by atoms with Gasteiger partial charge in [0.1, 0.15) is 0 Å². The van der Waals surface area contributed by atoms with E-state index in [4.69, 9.17) is 0 Å². The average molecular weight is 378 g/mol. The van der Waals surface area contributed by atoms with Crippen LogP contribution in [0.5, 0.6) is 0 Å². The quantitative estimate of drug-likeness (QED) is 0.756. The summed E-state index contributed by atoms with van der Waals surface area (Å²) in [6.07, 6.45) is 2.45. The number of aromatic nitrogens is 3. The van der Waals surface area contributed by atoms with Crippen molar-refractivity contribution in [2.24, 2.45) is 0 Å². The lowest BCUT2D eigenvalue weighted by Gasteiger charge is -2.29. The fourth-order valence-electron chi connectivity index (χ4n) is 3.69. The van der Waals surface area contributed by atoms with E-state index in [1.54, 1.807) is 23.2 Å². The second kappa shape index (κ2) is 6.74. The maximum atomic E-state index is 13.2. The van der Waals surface area contributed by atoms with E-state index in [1.165, 1.54) is 0 Å². The van der Waals surface area contributed by atoms with E-state index in [-0.39, 0.29) is 17.5 Å². The zero-order valence-corrected chi connectivity index (χ0v) is 16.1. The second-order valence-corrected chi connectivity index (χ2v) is 7.48. The Hall–Kier alpha value is -3.22. The summed E-state index contributed by atoms with van der Waals surface area (Å²) in [4.78, 5) is 30.8. The topological polar surface area (TPSA) is 88.3 Å². The van der Waals surface area contributed by atoms with Gasteiger partial charge in [-0.15, -0.1) is 0 Å². The number of amides is 1. The van der Waals surface area contributed by atoms with E-state index in [2.05, 4.69) is 10.1 Å². The monoisotopic (exact) mass is 378 g/mol. The van der Waals surface area contributed by atoms with Crippen molar-refractivity contribution >= 4 is 22.9 Å². The Bertz CT molecular complexity index is 1100. The number of carboxylic acids is 1. The number of carbonyl (C=O) groups excluding carboxylic acids is 1. The maximum Gasteiger partial charge on any atom is 0.335 e. The van der Waals surface area contributed by atoms with Gasteiger partial charge in [0.15, 0.2) is 5.65 Å². The van der Waals surface area contributed by atoms with E-state index in [9.17, 15) is 14.7 Å². The summed E-state index contributed by atoms with van der Waals surface area (Å²) in [7, 11) is 0. The lowest BCUT2D eigenvalue weighted by atomic mass is 9.96. The Morgan fingerprint density at radius 2 is 1.96 bits per heavy atom. The number of nitrogens with zero attached hydrogens (tertiary/aromatic N) is 4. The first-order chi connectivity index (χ1) is 13.3. The van der Waals surface area contributed by atoms with Crippen molar-refractivity contribution in [3.05, 3.63) is 58.4 Å². The molecule has 0 atom stereocenters. The first-order valence-corrected chi connectivity index (χ1v) is 9.34. The van der Waals surface area contributed by atoms with Crippen LogP contribution in [-0.2, 0) is 13.0 Å². The number of aromatic carboxylic acids is 1. The summed E-state index contributed by atoms with van der Waals surface area (Å²) in [5, 5.41) is 14.4. The number of carbonyl (C=O) groups is 2. The summed E-state index contributed by atoms with van der Waals surface area (Å²) in [5.74, 6) is -1.05. The number of carboxylic acid groups (broad SMARTS) is 1. The Labute approximate surface area is 162 Å².